The summed E-state index contributed by atoms with van der Waals surface area (Å²) in [6.45, 7) is 3.78. The van der Waals surface area contributed by atoms with E-state index in [4.69, 9.17) is 4.74 Å². The fourth-order valence-corrected chi connectivity index (χ4v) is 6.50. The SMILES string of the molecule is CCOC(=O)C[C@H](C)C(=O)N1C[C@@H]2[C@@H]([C@H]3C=C[C@@H]2C3)S1(=O)=O. The molecule has 2 bridgehead atoms. The van der Waals surface area contributed by atoms with E-state index < -0.39 is 33.1 Å². The van der Waals surface area contributed by atoms with Crippen LogP contribution in [0.2, 0.25) is 0 Å². The molecule has 3 rings (SSSR count). The van der Waals surface area contributed by atoms with E-state index in [0.29, 0.717) is 0 Å². The molecule has 122 valence electrons. The van der Waals surface area contributed by atoms with Crippen LogP contribution in [0.3, 0.4) is 0 Å². The third-order valence-electron chi connectivity index (χ3n) is 5.02. The summed E-state index contributed by atoms with van der Waals surface area (Å²) < 4.78 is 31.2. The highest BCUT2D eigenvalue weighted by molar-refractivity contribution is 7.90. The summed E-state index contributed by atoms with van der Waals surface area (Å²) in [6, 6.07) is 0. The fraction of sp³-hybridized carbons (Fsp3) is 0.733. The van der Waals surface area contributed by atoms with Crippen molar-refractivity contribution >= 4 is 21.9 Å². The number of esters is 1. The summed E-state index contributed by atoms with van der Waals surface area (Å²) in [4.78, 5) is 24.0. The molecule has 6 nitrogen and oxygen atoms in total. The normalized spacial score (nSPS) is 35.5. The van der Waals surface area contributed by atoms with Crippen LogP contribution in [0.5, 0.6) is 0 Å². The zero-order chi connectivity index (χ0) is 16.1. The zero-order valence-electron chi connectivity index (χ0n) is 12.8. The van der Waals surface area contributed by atoms with Crippen molar-refractivity contribution in [3.05, 3.63) is 12.2 Å². The molecule has 22 heavy (non-hydrogen) atoms. The summed E-state index contributed by atoms with van der Waals surface area (Å²) in [6.07, 6.45) is 4.85. The van der Waals surface area contributed by atoms with Gasteiger partial charge in [-0.3, -0.25) is 9.59 Å². The maximum atomic E-state index is 12.7. The molecule has 1 aliphatic heterocycles. The van der Waals surface area contributed by atoms with E-state index in [0.717, 1.165) is 10.7 Å². The van der Waals surface area contributed by atoms with Crippen molar-refractivity contribution in [2.24, 2.45) is 23.7 Å². The van der Waals surface area contributed by atoms with Crippen LogP contribution in [0.15, 0.2) is 12.2 Å². The number of nitrogens with zero attached hydrogens (tertiary/aromatic N) is 1. The lowest BCUT2D eigenvalue weighted by atomic mass is 9.93. The number of ether oxygens (including phenoxy) is 1. The number of rotatable bonds is 4. The molecule has 0 unspecified atom stereocenters. The van der Waals surface area contributed by atoms with Crippen LogP contribution in [0, 0.1) is 23.7 Å². The van der Waals surface area contributed by atoms with Gasteiger partial charge in [0.05, 0.1) is 18.3 Å². The van der Waals surface area contributed by atoms with Crippen LogP contribution in [0.25, 0.3) is 0 Å². The fourth-order valence-electron chi connectivity index (χ4n) is 4.02. The second-order valence-corrected chi connectivity index (χ2v) is 8.42. The monoisotopic (exact) mass is 327 g/mol. The van der Waals surface area contributed by atoms with Gasteiger partial charge in [0.1, 0.15) is 0 Å². The van der Waals surface area contributed by atoms with Crippen molar-refractivity contribution in [3.8, 4) is 0 Å². The van der Waals surface area contributed by atoms with Crippen LogP contribution in [0.4, 0.5) is 0 Å². The van der Waals surface area contributed by atoms with E-state index in [-0.39, 0.29) is 37.3 Å². The maximum Gasteiger partial charge on any atom is 0.306 e. The average molecular weight is 327 g/mol. The number of carbonyl (C=O) groups is 2. The minimum Gasteiger partial charge on any atom is -0.466 e. The van der Waals surface area contributed by atoms with Crippen molar-refractivity contribution in [3.63, 3.8) is 0 Å². The van der Waals surface area contributed by atoms with E-state index in [1.807, 2.05) is 6.08 Å². The van der Waals surface area contributed by atoms with Gasteiger partial charge < -0.3 is 4.74 Å². The second kappa shape index (κ2) is 5.37. The van der Waals surface area contributed by atoms with Crippen molar-refractivity contribution in [1.82, 2.24) is 4.31 Å². The van der Waals surface area contributed by atoms with E-state index in [9.17, 15) is 18.0 Å². The smallest absolute Gasteiger partial charge is 0.306 e. The van der Waals surface area contributed by atoms with Gasteiger partial charge in [-0.2, -0.15) is 0 Å². The third-order valence-corrected chi connectivity index (χ3v) is 7.35. The average Bonchev–Trinajstić information content (AvgIpc) is 3.10. The van der Waals surface area contributed by atoms with Gasteiger partial charge in [-0.05, 0) is 25.2 Å². The minimum atomic E-state index is -3.61. The standard InChI is InChI=1S/C15H21NO5S/c1-3-21-13(17)6-9(2)15(18)16-8-12-10-4-5-11(7-10)14(12)22(16,19)20/h4-5,9-12,14H,3,6-8H2,1-2H3/t9-,10+,11-,12-,14+/m0/s1. The summed E-state index contributed by atoms with van der Waals surface area (Å²) in [7, 11) is -3.61. The Labute approximate surface area is 130 Å². The molecule has 0 N–H and O–H groups in total. The molecule has 0 aromatic heterocycles. The molecule has 1 heterocycles. The molecular formula is C15H21NO5S. The van der Waals surface area contributed by atoms with Gasteiger partial charge in [0.15, 0.2) is 0 Å². The molecule has 5 atom stereocenters. The third kappa shape index (κ3) is 2.26. The second-order valence-electron chi connectivity index (χ2n) is 6.40. The lowest BCUT2D eigenvalue weighted by Crippen LogP contribution is -2.40. The zero-order valence-corrected chi connectivity index (χ0v) is 13.6. The first-order valence-corrected chi connectivity index (χ1v) is 9.26. The molecule has 0 aromatic rings. The van der Waals surface area contributed by atoms with Crippen molar-refractivity contribution < 1.29 is 22.7 Å². The van der Waals surface area contributed by atoms with Crippen LogP contribution in [0.1, 0.15) is 26.7 Å². The largest absolute Gasteiger partial charge is 0.466 e. The van der Waals surface area contributed by atoms with E-state index in [2.05, 4.69) is 6.08 Å². The lowest BCUT2D eigenvalue weighted by Gasteiger charge is -2.21. The number of amides is 1. The predicted molar refractivity (Wildman–Crippen MR) is 79.1 cm³/mol. The van der Waals surface area contributed by atoms with E-state index in [1.165, 1.54) is 0 Å². The molecule has 2 aliphatic carbocycles. The summed E-state index contributed by atoms with van der Waals surface area (Å²) in [5.41, 5.74) is 0. The number of fused-ring (bicyclic) bond motifs is 5. The summed E-state index contributed by atoms with van der Waals surface area (Å²) in [5, 5.41) is -0.457. The number of hydrogen-bond acceptors (Lipinski definition) is 5. The van der Waals surface area contributed by atoms with Gasteiger partial charge in [-0.25, -0.2) is 12.7 Å². The van der Waals surface area contributed by atoms with Gasteiger partial charge in [0.2, 0.25) is 15.9 Å². The van der Waals surface area contributed by atoms with E-state index >= 15 is 0 Å². The van der Waals surface area contributed by atoms with Gasteiger partial charge in [0.25, 0.3) is 0 Å². The highest BCUT2D eigenvalue weighted by Crippen LogP contribution is 2.51. The van der Waals surface area contributed by atoms with Crippen molar-refractivity contribution in [2.45, 2.75) is 31.9 Å². The first kappa shape index (κ1) is 15.5. The first-order valence-electron chi connectivity index (χ1n) is 7.75. The molecule has 0 spiro atoms. The lowest BCUT2D eigenvalue weighted by molar-refractivity contribution is -0.147. The predicted octanol–water partition coefficient (Wildman–Crippen LogP) is 0.938. The molecule has 0 aromatic carbocycles. The Morgan fingerprint density at radius 3 is 2.64 bits per heavy atom. The Morgan fingerprint density at radius 2 is 2.00 bits per heavy atom. The van der Waals surface area contributed by atoms with Gasteiger partial charge in [0, 0.05) is 18.4 Å². The Morgan fingerprint density at radius 1 is 1.32 bits per heavy atom. The molecule has 0 radical (unpaired) electrons. The highest BCUT2D eigenvalue weighted by atomic mass is 32.2. The molecule has 2 fully saturated rings. The summed E-state index contributed by atoms with van der Waals surface area (Å²) in [5.74, 6) is -1.32. The maximum absolute atomic E-state index is 12.7. The van der Waals surface area contributed by atoms with Crippen LogP contribution < -0.4 is 0 Å². The minimum absolute atomic E-state index is 0.0127. The molecule has 3 aliphatic rings. The molecule has 1 amide bonds. The van der Waals surface area contributed by atoms with Crippen LogP contribution >= 0.6 is 0 Å². The first-order chi connectivity index (χ1) is 10.4. The van der Waals surface area contributed by atoms with Crippen LogP contribution in [-0.4, -0.2) is 43.0 Å². The number of allylic oxidation sites excluding steroid dienone is 2. The van der Waals surface area contributed by atoms with Crippen molar-refractivity contribution in [2.75, 3.05) is 13.2 Å². The molecular weight excluding hydrogens is 306 g/mol. The highest BCUT2D eigenvalue weighted by Gasteiger charge is 2.59. The van der Waals surface area contributed by atoms with Gasteiger partial charge >= 0.3 is 5.97 Å². The van der Waals surface area contributed by atoms with Gasteiger partial charge in [-0.1, -0.05) is 19.1 Å². The molecule has 7 heteroatoms. The van der Waals surface area contributed by atoms with E-state index in [1.54, 1.807) is 13.8 Å². The van der Waals surface area contributed by atoms with Gasteiger partial charge in [-0.15, -0.1) is 0 Å². The molecule has 1 saturated carbocycles. The van der Waals surface area contributed by atoms with Crippen LogP contribution in [-0.2, 0) is 24.3 Å². The number of carbonyl (C=O) groups excluding carboxylic acids is 2. The quantitative estimate of drug-likeness (QED) is 0.567. The Kier molecular flexibility index (Phi) is 3.79. The topological polar surface area (TPSA) is 80.8 Å². The number of hydrogen-bond donors (Lipinski definition) is 0. The number of sulfonamides is 1. The molecule has 1 saturated heterocycles. The Balaban J connectivity index is 1.73. The summed E-state index contributed by atoms with van der Waals surface area (Å²) >= 11 is 0. The Bertz CT molecular complexity index is 626. The Hall–Kier alpha value is -1.37. The van der Waals surface area contributed by atoms with Crippen molar-refractivity contribution in [1.29, 1.82) is 0 Å².